The summed E-state index contributed by atoms with van der Waals surface area (Å²) in [5.41, 5.74) is 2.25. The van der Waals surface area contributed by atoms with Crippen molar-refractivity contribution in [3.05, 3.63) is 46.5 Å². The van der Waals surface area contributed by atoms with Gasteiger partial charge in [0.25, 0.3) is 0 Å². The van der Waals surface area contributed by atoms with Crippen molar-refractivity contribution in [1.82, 2.24) is 0 Å². The molecule has 0 aliphatic rings. The van der Waals surface area contributed by atoms with E-state index in [0.29, 0.717) is 10.0 Å². The number of methoxy groups -OCH3 is 1. The molecule has 0 spiro atoms. The second kappa shape index (κ2) is 4.94. The van der Waals surface area contributed by atoms with Gasteiger partial charge < -0.3 is 4.74 Å². The van der Waals surface area contributed by atoms with E-state index in [-0.39, 0.29) is 5.97 Å². The maximum absolute atomic E-state index is 11.4. The zero-order chi connectivity index (χ0) is 11.4. The van der Waals surface area contributed by atoms with E-state index in [1.54, 1.807) is 24.3 Å². The fraction of sp³-hybridized carbons (Fsp3) is 0.0833. The van der Waals surface area contributed by atoms with Gasteiger partial charge in [-0.2, -0.15) is 0 Å². The second-order valence-corrected chi connectivity index (χ2v) is 3.62. The molecular formula is C12H11BrO2. The maximum atomic E-state index is 11.4. The molecule has 15 heavy (non-hydrogen) atoms. The molecule has 0 saturated carbocycles. The molecular weight excluding hydrogens is 256 g/mol. The van der Waals surface area contributed by atoms with Crippen molar-refractivity contribution in [3.63, 3.8) is 0 Å². The first-order valence-corrected chi connectivity index (χ1v) is 5.10. The Kier molecular flexibility index (Phi) is 3.86. The van der Waals surface area contributed by atoms with Gasteiger partial charge in [-0.1, -0.05) is 31.4 Å². The summed E-state index contributed by atoms with van der Waals surface area (Å²) >= 11 is 3.35. The molecule has 1 aromatic carbocycles. The molecule has 0 unspecified atom stereocenters. The number of rotatable bonds is 3. The molecule has 0 radical (unpaired) electrons. The Morgan fingerprint density at radius 3 is 2.53 bits per heavy atom. The number of esters is 1. The highest BCUT2D eigenvalue weighted by Crippen LogP contribution is 2.27. The first-order valence-electron chi connectivity index (χ1n) is 4.31. The zero-order valence-corrected chi connectivity index (χ0v) is 10.0. The van der Waals surface area contributed by atoms with Crippen LogP contribution in [0.4, 0.5) is 0 Å². The number of hydrogen-bond acceptors (Lipinski definition) is 2. The highest BCUT2D eigenvalue weighted by atomic mass is 79.9. The third-order valence-electron chi connectivity index (χ3n) is 2.04. The lowest BCUT2D eigenvalue weighted by Crippen LogP contribution is -2.03. The van der Waals surface area contributed by atoms with E-state index in [9.17, 15) is 4.79 Å². The van der Waals surface area contributed by atoms with E-state index >= 15 is 0 Å². The lowest BCUT2D eigenvalue weighted by atomic mass is 10.0. The van der Waals surface area contributed by atoms with Crippen LogP contribution in [-0.2, 0) is 4.74 Å². The van der Waals surface area contributed by atoms with Crippen molar-refractivity contribution in [3.8, 4) is 0 Å². The summed E-state index contributed by atoms with van der Waals surface area (Å²) in [6.07, 6.45) is 3.39. The van der Waals surface area contributed by atoms with E-state index in [1.165, 1.54) is 7.11 Å². The minimum absolute atomic E-state index is 0.374. The van der Waals surface area contributed by atoms with Crippen molar-refractivity contribution in [2.45, 2.75) is 0 Å². The van der Waals surface area contributed by atoms with E-state index < -0.39 is 0 Å². The van der Waals surface area contributed by atoms with Gasteiger partial charge in [0.15, 0.2) is 0 Å². The average molecular weight is 267 g/mol. The van der Waals surface area contributed by atoms with Crippen molar-refractivity contribution in [2.75, 3.05) is 7.11 Å². The van der Waals surface area contributed by atoms with Crippen LogP contribution in [0.25, 0.3) is 12.2 Å². The highest BCUT2D eigenvalue weighted by Gasteiger charge is 2.13. The molecule has 2 nitrogen and oxygen atoms in total. The van der Waals surface area contributed by atoms with E-state index in [1.807, 2.05) is 0 Å². The smallest absolute Gasteiger partial charge is 0.339 e. The number of carbonyl (C=O) groups is 1. The van der Waals surface area contributed by atoms with Gasteiger partial charge in [-0.15, -0.1) is 0 Å². The third kappa shape index (κ3) is 2.18. The molecule has 0 atom stereocenters. The Hall–Kier alpha value is -1.35. The van der Waals surface area contributed by atoms with Gasteiger partial charge in [0.05, 0.1) is 12.7 Å². The van der Waals surface area contributed by atoms with E-state index in [0.717, 1.165) is 11.1 Å². The van der Waals surface area contributed by atoms with Gasteiger partial charge in [-0.05, 0) is 33.1 Å². The van der Waals surface area contributed by atoms with E-state index in [4.69, 9.17) is 0 Å². The van der Waals surface area contributed by atoms with Crippen LogP contribution in [0.5, 0.6) is 0 Å². The van der Waals surface area contributed by atoms with Gasteiger partial charge >= 0.3 is 5.97 Å². The van der Waals surface area contributed by atoms with Gasteiger partial charge in [0.1, 0.15) is 0 Å². The van der Waals surface area contributed by atoms with Crippen LogP contribution >= 0.6 is 15.9 Å². The first kappa shape index (κ1) is 11.7. The van der Waals surface area contributed by atoms with Crippen LogP contribution in [0.2, 0.25) is 0 Å². The maximum Gasteiger partial charge on any atom is 0.339 e. The molecule has 0 amide bonds. The molecule has 0 aliphatic heterocycles. The third-order valence-corrected chi connectivity index (χ3v) is 2.90. The Bertz CT molecular complexity index is 422. The molecule has 0 saturated heterocycles. The molecule has 1 rings (SSSR count). The predicted molar refractivity (Wildman–Crippen MR) is 65.7 cm³/mol. The lowest BCUT2D eigenvalue weighted by Gasteiger charge is -2.08. The number of ether oxygens (including phenoxy) is 1. The molecule has 0 N–H and O–H groups in total. The second-order valence-electron chi connectivity index (χ2n) is 2.83. The summed E-state index contributed by atoms with van der Waals surface area (Å²) in [4.78, 5) is 11.4. The highest BCUT2D eigenvalue weighted by molar-refractivity contribution is 9.10. The van der Waals surface area contributed by atoms with Crippen molar-refractivity contribution < 1.29 is 9.53 Å². The quantitative estimate of drug-likeness (QED) is 0.783. The Labute approximate surface area is 97.4 Å². The van der Waals surface area contributed by atoms with Gasteiger partial charge in [-0.3, -0.25) is 0 Å². The average Bonchev–Trinajstić information content (AvgIpc) is 2.27. The standard InChI is InChI=1S/C12H11BrO2/c1-4-8-6-7-10(12(14)15-3)11(13)9(8)5-2/h4-7H,1-2H2,3H3. The predicted octanol–water partition coefficient (Wildman–Crippen LogP) is 3.52. The SMILES string of the molecule is C=Cc1ccc(C(=O)OC)c(Br)c1C=C. The van der Waals surface area contributed by atoms with Crippen molar-refractivity contribution in [1.29, 1.82) is 0 Å². The molecule has 0 heterocycles. The zero-order valence-electron chi connectivity index (χ0n) is 8.42. The Morgan fingerprint density at radius 1 is 1.40 bits per heavy atom. The Morgan fingerprint density at radius 2 is 2.07 bits per heavy atom. The van der Waals surface area contributed by atoms with Crippen LogP contribution in [0.1, 0.15) is 21.5 Å². The summed E-state index contributed by atoms with van der Waals surface area (Å²) in [5.74, 6) is -0.374. The summed E-state index contributed by atoms with van der Waals surface area (Å²) in [5, 5.41) is 0. The molecule has 78 valence electrons. The number of hydrogen-bond donors (Lipinski definition) is 0. The summed E-state index contributed by atoms with van der Waals surface area (Å²) < 4.78 is 5.34. The number of benzene rings is 1. The monoisotopic (exact) mass is 266 g/mol. The topological polar surface area (TPSA) is 26.3 Å². The molecule has 0 fully saturated rings. The number of halogens is 1. The fourth-order valence-electron chi connectivity index (χ4n) is 1.26. The summed E-state index contributed by atoms with van der Waals surface area (Å²) in [6.45, 7) is 7.39. The minimum Gasteiger partial charge on any atom is -0.465 e. The van der Waals surface area contributed by atoms with Crippen molar-refractivity contribution in [2.24, 2.45) is 0 Å². The van der Waals surface area contributed by atoms with Gasteiger partial charge in [-0.25, -0.2) is 4.79 Å². The first-order chi connectivity index (χ1) is 7.15. The molecule has 0 bridgehead atoms. The molecule has 0 aromatic heterocycles. The lowest BCUT2D eigenvalue weighted by molar-refractivity contribution is 0.0599. The number of carbonyl (C=O) groups excluding carboxylic acids is 1. The normalized spacial score (nSPS) is 9.47. The van der Waals surface area contributed by atoms with Gasteiger partial charge in [0.2, 0.25) is 0 Å². The molecule has 1 aromatic rings. The fourth-order valence-corrected chi connectivity index (χ4v) is 1.95. The van der Waals surface area contributed by atoms with Crippen LogP contribution in [0, 0.1) is 0 Å². The largest absolute Gasteiger partial charge is 0.465 e. The van der Waals surface area contributed by atoms with Crippen LogP contribution < -0.4 is 0 Å². The molecule has 0 aliphatic carbocycles. The van der Waals surface area contributed by atoms with Crippen molar-refractivity contribution >= 4 is 34.1 Å². The summed E-state index contributed by atoms with van der Waals surface area (Å²) in [6, 6.07) is 3.50. The Balaban J connectivity index is 3.41. The summed E-state index contributed by atoms with van der Waals surface area (Å²) in [7, 11) is 1.35. The molecule has 3 heteroatoms. The minimum atomic E-state index is -0.374. The van der Waals surface area contributed by atoms with Crippen LogP contribution in [0.3, 0.4) is 0 Å². The van der Waals surface area contributed by atoms with Crippen LogP contribution in [-0.4, -0.2) is 13.1 Å². The van der Waals surface area contributed by atoms with Crippen LogP contribution in [0.15, 0.2) is 29.8 Å². The van der Waals surface area contributed by atoms with E-state index in [2.05, 4.69) is 33.8 Å². The van der Waals surface area contributed by atoms with Gasteiger partial charge in [0, 0.05) is 4.47 Å².